The fraction of sp³-hybridized carbons (Fsp3) is 0.533. The number of carbonyl (C=O) groups is 1. The summed E-state index contributed by atoms with van der Waals surface area (Å²) in [6.07, 6.45) is 0. The van der Waals surface area contributed by atoms with Crippen LogP contribution in [0.4, 0.5) is 0 Å². The van der Waals surface area contributed by atoms with E-state index in [0.717, 1.165) is 39.3 Å². The number of carbonyl (C=O) groups excluding carboxylic acids is 1. The van der Waals surface area contributed by atoms with E-state index in [2.05, 4.69) is 30.0 Å². The van der Waals surface area contributed by atoms with Crippen LogP contribution in [0.2, 0.25) is 0 Å². The average molecular weight is 260 g/mol. The molecule has 0 bridgehead atoms. The highest BCUT2D eigenvalue weighted by atomic mass is 16.2. The zero-order chi connectivity index (χ0) is 13.7. The van der Waals surface area contributed by atoms with Gasteiger partial charge in [-0.25, -0.2) is 0 Å². The fourth-order valence-corrected chi connectivity index (χ4v) is 2.21. The Morgan fingerprint density at radius 1 is 1.26 bits per heavy atom. The summed E-state index contributed by atoms with van der Waals surface area (Å²) < 4.78 is 0. The smallest absolute Gasteiger partial charge is 0.254 e. The van der Waals surface area contributed by atoms with Gasteiger partial charge in [0.15, 0.2) is 0 Å². The van der Waals surface area contributed by atoms with Gasteiger partial charge in [0.1, 0.15) is 0 Å². The van der Waals surface area contributed by atoms with Crippen LogP contribution in [0, 0.1) is 6.07 Å². The normalized spacial score (nSPS) is 16.9. The minimum absolute atomic E-state index is 0.104. The van der Waals surface area contributed by atoms with Crippen molar-refractivity contribution in [3.63, 3.8) is 0 Å². The van der Waals surface area contributed by atoms with Crippen molar-refractivity contribution in [3.8, 4) is 0 Å². The zero-order valence-electron chi connectivity index (χ0n) is 11.8. The first kappa shape index (κ1) is 14.0. The van der Waals surface area contributed by atoms with Gasteiger partial charge in [0.25, 0.3) is 5.91 Å². The van der Waals surface area contributed by atoms with E-state index < -0.39 is 0 Å². The number of rotatable bonds is 4. The minimum Gasteiger partial charge on any atom is -0.336 e. The molecule has 0 N–H and O–H groups in total. The first-order valence-corrected chi connectivity index (χ1v) is 6.80. The molecule has 1 amide bonds. The Labute approximate surface area is 115 Å². The lowest BCUT2D eigenvalue weighted by Crippen LogP contribution is -2.49. The van der Waals surface area contributed by atoms with Crippen LogP contribution >= 0.6 is 0 Å². The van der Waals surface area contributed by atoms with E-state index in [4.69, 9.17) is 0 Å². The van der Waals surface area contributed by atoms with Crippen molar-refractivity contribution in [2.75, 3.05) is 53.4 Å². The van der Waals surface area contributed by atoms with Crippen molar-refractivity contribution in [2.24, 2.45) is 0 Å². The number of nitrogens with zero attached hydrogens (tertiary/aromatic N) is 3. The molecule has 1 aliphatic rings. The van der Waals surface area contributed by atoms with E-state index in [1.807, 2.05) is 23.1 Å². The average Bonchev–Trinajstić information content (AvgIpc) is 2.46. The Hall–Kier alpha value is -1.39. The Kier molecular flexibility index (Phi) is 4.93. The van der Waals surface area contributed by atoms with Gasteiger partial charge < -0.3 is 9.80 Å². The van der Waals surface area contributed by atoms with Gasteiger partial charge in [-0.2, -0.15) is 0 Å². The van der Waals surface area contributed by atoms with E-state index in [0.29, 0.717) is 5.56 Å². The van der Waals surface area contributed by atoms with Gasteiger partial charge in [-0.1, -0.05) is 18.2 Å². The molecule has 1 aromatic carbocycles. The Bertz CT molecular complexity index is 397. The van der Waals surface area contributed by atoms with Gasteiger partial charge in [0, 0.05) is 44.8 Å². The highest BCUT2D eigenvalue weighted by Crippen LogP contribution is 2.08. The van der Waals surface area contributed by atoms with Crippen LogP contribution in [-0.2, 0) is 0 Å². The SMILES string of the molecule is CN(C)CCN1CCN(C(=O)c2[c]cccc2)CC1. The summed E-state index contributed by atoms with van der Waals surface area (Å²) in [5.41, 5.74) is 0.671. The van der Waals surface area contributed by atoms with Crippen LogP contribution < -0.4 is 0 Å². The topological polar surface area (TPSA) is 26.8 Å². The molecular formula is C15H22N3O. The molecule has 1 heterocycles. The zero-order valence-corrected chi connectivity index (χ0v) is 11.8. The Balaban J connectivity index is 1.81. The molecule has 1 fully saturated rings. The number of benzene rings is 1. The fourth-order valence-electron chi connectivity index (χ4n) is 2.21. The van der Waals surface area contributed by atoms with Gasteiger partial charge in [-0.15, -0.1) is 0 Å². The molecule has 1 aromatic rings. The maximum atomic E-state index is 12.2. The van der Waals surface area contributed by atoms with E-state index in [1.54, 1.807) is 6.07 Å². The van der Waals surface area contributed by atoms with Gasteiger partial charge in [0.2, 0.25) is 0 Å². The molecule has 0 spiro atoms. The van der Waals surface area contributed by atoms with E-state index >= 15 is 0 Å². The Morgan fingerprint density at radius 2 is 2.00 bits per heavy atom. The summed E-state index contributed by atoms with van der Waals surface area (Å²) in [5, 5.41) is 0. The van der Waals surface area contributed by atoms with Crippen molar-refractivity contribution in [2.45, 2.75) is 0 Å². The highest BCUT2D eigenvalue weighted by molar-refractivity contribution is 5.93. The number of piperazine rings is 1. The van der Waals surface area contributed by atoms with Gasteiger partial charge in [-0.05, 0) is 26.2 Å². The van der Waals surface area contributed by atoms with Crippen molar-refractivity contribution in [1.82, 2.24) is 14.7 Å². The molecule has 0 aromatic heterocycles. The van der Waals surface area contributed by atoms with Crippen LogP contribution in [-0.4, -0.2) is 74.0 Å². The van der Waals surface area contributed by atoms with Gasteiger partial charge in [0.05, 0.1) is 0 Å². The molecule has 0 unspecified atom stereocenters. The highest BCUT2D eigenvalue weighted by Gasteiger charge is 2.21. The third kappa shape index (κ3) is 4.04. The summed E-state index contributed by atoms with van der Waals surface area (Å²) in [7, 11) is 4.18. The molecule has 103 valence electrons. The molecule has 1 saturated heterocycles. The number of hydrogen-bond acceptors (Lipinski definition) is 3. The molecule has 4 nitrogen and oxygen atoms in total. The lowest BCUT2D eigenvalue weighted by molar-refractivity contribution is 0.0629. The maximum Gasteiger partial charge on any atom is 0.254 e. The second-order valence-corrected chi connectivity index (χ2v) is 5.21. The van der Waals surface area contributed by atoms with E-state index in [-0.39, 0.29) is 5.91 Å². The third-order valence-corrected chi connectivity index (χ3v) is 3.46. The van der Waals surface area contributed by atoms with Crippen molar-refractivity contribution in [3.05, 3.63) is 35.9 Å². The second-order valence-electron chi connectivity index (χ2n) is 5.21. The van der Waals surface area contributed by atoms with Gasteiger partial charge >= 0.3 is 0 Å². The summed E-state index contributed by atoms with van der Waals surface area (Å²) in [5.74, 6) is 0.104. The predicted molar refractivity (Wildman–Crippen MR) is 76.2 cm³/mol. The molecule has 0 atom stereocenters. The molecule has 2 rings (SSSR count). The molecule has 1 radical (unpaired) electrons. The second kappa shape index (κ2) is 6.68. The molecule has 1 aliphatic heterocycles. The summed E-state index contributed by atoms with van der Waals surface area (Å²) >= 11 is 0. The minimum atomic E-state index is 0.104. The largest absolute Gasteiger partial charge is 0.336 e. The van der Waals surface area contributed by atoms with Crippen LogP contribution in [0.5, 0.6) is 0 Å². The van der Waals surface area contributed by atoms with Crippen LogP contribution in [0.1, 0.15) is 10.4 Å². The molecular weight excluding hydrogens is 238 g/mol. The van der Waals surface area contributed by atoms with E-state index in [9.17, 15) is 4.79 Å². The number of amides is 1. The first-order valence-electron chi connectivity index (χ1n) is 6.80. The van der Waals surface area contributed by atoms with Crippen LogP contribution in [0.3, 0.4) is 0 Å². The van der Waals surface area contributed by atoms with Crippen LogP contribution in [0.15, 0.2) is 24.3 Å². The quantitative estimate of drug-likeness (QED) is 0.801. The van der Waals surface area contributed by atoms with E-state index in [1.165, 1.54) is 0 Å². The van der Waals surface area contributed by atoms with Crippen molar-refractivity contribution >= 4 is 5.91 Å². The molecule has 19 heavy (non-hydrogen) atoms. The lowest BCUT2D eigenvalue weighted by Gasteiger charge is -2.35. The lowest BCUT2D eigenvalue weighted by atomic mass is 10.2. The van der Waals surface area contributed by atoms with Crippen molar-refractivity contribution in [1.29, 1.82) is 0 Å². The molecule has 0 saturated carbocycles. The molecule has 4 heteroatoms. The van der Waals surface area contributed by atoms with Crippen molar-refractivity contribution < 1.29 is 4.79 Å². The number of hydrogen-bond donors (Lipinski definition) is 0. The first-order chi connectivity index (χ1) is 9.16. The predicted octanol–water partition coefficient (Wildman–Crippen LogP) is 0.806. The Morgan fingerprint density at radius 3 is 2.58 bits per heavy atom. The van der Waals surface area contributed by atoms with Gasteiger partial charge in [-0.3, -0.25) is 9.69 Å². The maximum absolute atomic E-state index is 12.2. The third-order valence-electron chi connectivity index (χ3n) is 3.46. The van der Waals surface area contributed by atoms with Crippen LogP contribution in [0.25, 0.3) is 0 Å². The summed E-state index contributed by atoms with van der Waals surface area (Å²) in [4.78, 5) is 18.8. The molecule has 0 aliphatic carbocycles. The number of likely N-dealkylation sites (N-methyl/N-ethyl adjacent to an activating group) is 1. The summed E-state index contributed by atoms with van der Waals surface area (Å²) in [6.45, 7) is 5.70. The summed E-state index contributed by atoms with van der Waals surface area (Å²) in [6, 6.07) is 10.4. The monoisotopic (exact) mass is 260 g/mol. The standard InChI is InChI=1S/C15H22N3O/c1-16(2)8-9-17-10-12-18(13-11-17)15(19)14-6-4-3-5-7-14/h3-6H,8-13H2,1-2H3.